The fourth-order valence-corrected chi connectivity index (χ4v) is 9.59. The highest BCUT2D eigenvalue weighted by Gasteiger charge is 2.66. The van der Waals surface area contributed by atoms with Crippen molar-refractivity contribution in [3.05, 3.63) is 120 Å². The van der Waals surface area contributed by atoms with Crippen LogP contribution in [0, 0.1) is 29.5 Å². The van der Waals surface area contributed by atoms with Crippen LogP contribution < -0.4 is 9.47 Å². The minimum atomic E-state index is -1.40. The molecule has 3 aliphatic carbocycles. The number of carbonyl (C=O) groups is 1. The summed E-state index contributed by atoms with van der Waals surface area (Å²) < 4.78 is 41.3. The molecule has 0 bridgehead atoms. The molecule has 6 atom stereocenters. The summed E-state index contributed by atoms with van der Waals surface area (Å²) in [5, 5.41) is 34.3. The van der Waals surface area contributed by atoms with Crippen molar-refractivity contribution in [1.29, 1.82) is 0 Å². The number of unbranched alkanes of at least 4 members (excludes halogenated alkanes) is 2. The first-order valence-corrected chi connectivity index (χ1v) is 22.0. The molecular formula is C49H61FN2O9. The quantitative estimate of drug-likeness (QED) is 0.0476. The topological polar surface area (TPSA) is 140 Å². The Kier molecular flexibility index (Phi) is 15.7. The molecule has 0 radical (unpaired) electrons. The van der Waals surface area contributed by atoms with Crippen LogP contribution in [0.4, 0.5) is 4.39 Å². The standard InChI is InChI=1S/C49H61FN2O9/c1-2-26-59-49-45(52(22-27-57-28-25-55)48(56)35-18-19-35)31-43(51-60-32-34-12-4-3-5-13-34)40-29-36(14-8-10-23-53)39(16-9-11-24-54)46(47(40)49)41-30-38(20-21-44(41)61-49)58-33-37-15-6-7-17-42(37)50/h2-7,12-13,15,17,20-21,29-30,35-36,39,45-47,53-55H,1,8-11,14,16,18-19,22-28,31-33H2. The molecule has 12 heteroatoms. The molecule has 3 aromatic rings. The Bertz CT molecular complexity index is 1970. The van der Waals surface area contributed by atoms with Crippen molar-refractivity contribution in [3.8, 4) is 11.5 Å². The van der Waals surface area contributed by atoms with Crippen molar-refractivity contribution >= 4 is 11.6 Å². The number of aliphatic hydroxyl groups excluding tert-OH is 3. The lowest BCUT2D eigenvalue weighted by atomic mass is 9.55. The second-order valence-electron chi connectivity index (χ2n) is 16.6. The van der Waals surface area contributed by atoms with Crippen LogP contribution in [0.25, 0.3) is 0 Å². The van der Waals surface area contributed by atoms with Gasteiger partial charge in [-0.1, -0.05) is 78.7 Å². The largest absolute Gasteiger partial charge is 0.489 e. The van der Waals surface area contributed by atoms with Gasteiger partial charge in [-0.15, -0.1) is 6.58 Å². The zero-order valence-electron chi connectivity index (χ0n) is 35.0. The van der Waals surface area contributed by atoms with Gasteiger partial charge >= 0.3 is 0 Å². The number of benzene rings is 3. The molecule has 328 valence electrons. The highest BCUT2D eigenvalue weighted by molar-refractivity contribution is 6.03. The molecule has 4 aliphatic rings. The molecule has 1 heterocycles. The zero-order valence-corrected chi connectivity index (χ0v) is 35.0. The van der Waals surface area contributed by atoms with E-state index in [0.717, 1.165) is 55.2 Å². The zero-order chi connectivity index (χ0) is 42.6. The summed E-state index contributed by atoms with van der Waals surface area (Å²) in [4.78, 5) is 22.6. The number of hydrogen-bond acceptors (Lipinski definition) is 10. The second-order valence-corrected chi connectivity index (χ2v) is 16.6. The Hall–Kier alpha value is -4.59. The summed E-state index contributed by atoms with van der Waals surface area (Å²) >= 11 is 0. The Labute approximate surface area is 358 Å². The number of ether oxygens (including phenoxy) is 4. The van der Waals surface area contributed by atoms with Crippen molar-refractivity contribution in [1.82, 2.24) is 4.90 Å². The van der Waals surface area contributed by atoms with E-state index in [1.807, 2.05) is 53.4 Å². The average Bonchev–Trinajstić information content (AvgIpc) is 4.13. The lowest BCUT2D eigenvalue weighted by Gasteiger charge is -2.60. The number of carbonyl (C=O) groups excluding carboxylic acids is 1. The summed E-state index contributed by atoms with van der Waals surface area (Å²) in [5.41, 5.74) is 3.96. The van der Waals surface area contributed by atoms with Gasteiger partial charge in [0.25, 0.3) is 0 Å². The molecule has 0 saturated heterocycles. The van der Waals surface area contributed by atoms with Crippen LogP contribution in [0.2, 0.25) is 0 Å². The molecule has 7 rings (SSSR count). The fourth-order valence-electron chi connectivity index (χ4n) is 9.59. The minimum absolute atomic E-state index is 0.00353. The highest BCUT2D eigenvalue weighted by atomic mass is 19.1. The maximum Gasteiger partial charge on any atom is 0.239 e. The van der Waals surface area contributed by atoms with E-state index >= 15 is 0 Å². The molecule has 61 heavy (non-hydrogen) atoms. The monoisotopic (exact) mass is 840 g/mol. The van der Waals surface area contributed by atoms with Crippen LogP contribution in [-0.2, 0) is 32.3 Å². The number of halogens is 1. The third-order valence-electron chi connectivity index (χ3n) is 12.5. The van der Waals surface area contributed by atoms with Gasteiger partial charge in [-0.2, -0.15) is 0 Å². The first-order valence-electron chi connectivity index (χ1n) is 22.0. The van der Waals surface area contributed by atoms with Crippen molar-refractivity contribution in [3.63, 3.8) is 0 Å². The van der Waals surface area contributed by atoms with Crippen molar-refractivity contribution in [2.75, 3.05) is 46.2 Å². The molecule has 1 amide bonds. The average molecular weight is 841 g/mol. The summed E-state index contributed by atoms with van der Waals surface area (Å²) in [6.07, 6.45) is 10.4. The van der Waals surface area contributed by atoms with Gasteiger partial charge < -0.3 is 44.0 Å². The smallest absolute Gasteiger partial charge is 0.239 e. The first kappa shape index (κ1) is 44.5. The van der Waals surface area contributed by atoms with Crippen LogP contribution in [0.5, 0.6) is 11.5 Å². The SMILES string of the molecule is C=CCOC12Oc3ccc(OCc4ccccc4F)cc3C3C(CCCCO)C(CCCCO)C=C(C(=NOCc4ccccc4)CC1N(CCOCCO)C(=O)C1CC1)C32. The van der Waals surface area contributed by atoms with Crippen LogP contribution in [-0.4, -0.2) is 89.9 Å². The number of oxime groups is 1. The van der Waals surface area contributed by atoms with Crippen molar-refractivity contribution in [2.45, 2.75) is 88.7 Å². The first-order chi connectivity index (χ1) is 29.9. The fraction of sp³-hybridized carbons (Fsp3) is 0.510. The van der Waals surface area contributed by atoms with Gasteiger partial charge in [0.15, 0.2) is 0 Å². The molecule has 6 unspecified atom stereocenters. The van der Waals surface area contributed by atoms with Crippen LogP contribution in [0.3, 0.4) is 0 Å². The van der Waals surface area contributed by atoms with Gasteiger partial charge in [0.1, 0.15) is 36.6 Å². The molecule has 2 fully saturated rings. The normalized spacial score (nSPS) is 24.6. The van der Waals surface area contributed by atoms with Gasteiger partial charge in [0.05, 0.1) is 38.1 Å². The maximum absolute atomic E-state index is 14.8. The Morgan fingerprint density at radius 3 is 2.44 bits per heavy atom. The van der Waals surface area contributed by atoms with Gasteiger partial charge in [0, 0.05) is 49.1 Å². The minimum Gasteiger partial charge on any atom is -0.489 e. The molecule has 11 nitrogen and oxygen atoms in total. The van der Waals surface area contributed by atoms with E-state index in [1.54, 1.807) is 24.3 Å². The van der Waals surface area contributed by atoms with Crippen molar-refractivity contribution in [2.24, 2.45) is 28.8 Å². The molecule has 3 aromatic carbocycles. The predicted molar refractivity (Wildman–Crippen MR) is 229 cm³/mol. The lowest BCUT2D eigenvalue weighted by Crippen LogP contribution is -2.70. The van der Waals surface area contributed by atoms with E-state index in [9.17, 15) is 24.5 Å². The lowest BCUT2D eigenvalue weighted by molar-refractivity contribution is -0.258. The molecule has 0 spiro atoms. The van der Waals surface area contributed by atoms with Crippen LogP contribution in [0.1, 0.15) is 80.4 Å². The van der Waals surface area contributed by atoms with E-state index in [0.29, 0.717) is 35.6 Å². The third-order valence-corrected chi connectivity index (χ3v) is 12.5. The van der Waals surface area contributed by atoms with E-state index in [-0.39, 0.29) is 101 Å². The van der Waals surface area contributed by atoms with E-state index < -0.39 is 17.7 Å². The van der Waals surface area contributed by atoms with Crippen LogP contribution >= 0.6 is 0 Å². The number of hydrogen-bond donors (Lipinski definition) is 3. The van der Waals surface area contributed by atoms with Gasteiger partial charge in [-0.05, 0) is 85.8 Å². The number of allylic oxidation sites excluding steroid dienone is 1. The summed E-state index contributed by atoms with van der Waals surface area (Å²) in [7, 11) is 0. The maximum atomic E-state index is 14.8. The molecule has 0 aromatic heterocycles. The molecular weight excluding hydrogens is 780 g/mol. The number of nitrogens with zero attached hydrogens (tertiary/aromatic N) is 2. The Balaban J connectivity index is 1.40. The number of aliphatic hydroxyl groups is 3. The van der Waals surface area contributed by atoms with E-state index in [1.165, 1.54) is 6.07 Å². The number of rotatable bonds is 24. The van der Waals surface area contributed by atoms with E-state index in [4.69, 9.17) is 28.9 Å². The second kappa shape index (κ2) is 21.5. The van der Waals surface area contributed by atoms with Gasteiger partial charge in [0.2, 0.25) is 11.7 Å². The van der Waals surface area contributed by atoms with Gasteiger partial charge in [-0.3, -0.25) is 4.79 Å². The molecule has 3 N–H and O–H groups in total. The number of fused-ring (bicyclic) bond motifs is 2. The molecule has 1 aliphatic heterocycles. The molecule has 2 saturated carbocycles. The predicted octanol–water partition coefficient (Wildman–Crippen LogP) is 7.49. The third kappa shape index (κ3) is 10.4. The number of amides is 1. The summed E-state index contributed by atoms with van der Waals surface area (Å²) in [6, 6.07) is 21.5. The summed E-state index contributed by atoms with van der Waals surface area (Å²) in [6.45, 7) is 5.08. The van der Waals surface area contributed by atoms with Crippen LogP contribution in [0.15, 0.2) is 102 Å². The highest BCUT2D eigenvalue weighted by Crippen LogP contribution is 2.62. The van der Waals surface area contributed by atoms with E-state index in [2.05, 4.69) is 12.7 Å². The van der Waals surface area contributed by atoms with Crippen molar-refractivity contribution < 1.29 is 48.3 Å². The Morgan fingerprint density at radius 2 is 1.70 bits per heavy atom. The van der Waals surface area contributed by atoms with Gasteiger partial charge in [-0.25, -0.2) is 4.39 Å². The Morgan fingerprint density at radius 1 is 0.934 bits per heavy atom. The summed E-state index contributed by atoms with van der Waals surface area (Å²) in [5.74, 6) is -1.36.